The zero-order chi connectivity index (χ0) is 19.2. The summed E-state index contributed by atoms with van der Waals surface area (Å²) in [7, 11) is 0. The van der Waals surface area contributed by atoms with Gasteiger partial charge in [0.1, 0.15) is 0 Å². The summed E-state index contributed by atoms with van der Waals surface area (Å²) in [6.07, 6.45) is 2.81. The largest absolute Gasteiger partial charge is 0.355 e. The fourth-order valence-electron chi connectivity index (χ4n) is 3.05. The van der Waals surface area contributed by atoms with Crippen molar-refractivity contribution >= 4 is 22.7 Å². The summed E-state index contributed by atoms with van der Waals surface area (Å²) in [4.78, 5) is 0. The number of aryl methyl sites for hydroxylation is 1. The summed E-state index contributed by atoms with van der Waals surface area (Å²) in [5.74, 6) is 0.548. The Hall–Kier alpha value is -3.00. The fourth-order valence-corrected chi connectivity index (χ4v) is 3.05. The van der Waals surface area contributed by atoms with Gasteiger partial charge >= 0.3 is 0 Å². The highest BCUT2D eigenvalue weighted by Crippen LogP contribution is 2.26. The van der Waals surface area contributed by atoms with Crippen LogP contribution in [0.5, 0.6) is 0 Å². The molecule has 27 heavy (non-hydrogen) atoms. The predicted octanol–water partition coefficient (Wildman–Crippen LogP) is 7.33. The molecular weight excluding hydrogens is 328 g/mol. The van der Waals surface area contributed by atoms with Crippen molar-refractivity contribution in [3.05, 3.63) is 96.1 Å². The lowest BCUT2D eigenvalue weighted by atomic mass is 10.0. The number of rotatable bonds is 7. The molecule has 138 valence electrons. The van der Waals surface area contributed by atoms with E-state index in [1.807, 2.05) is 6.08 Å². The highest BCUT2D eigenvalue weighted by Gasteiger charge is 2.03. The standard InChI is InChI=1S/C25H28N2/c1-5-7-20-11-10-19(4)25(16-20)27-24-9-6-8-23(17-24)26-22-14-12-21(13-15-22)18(2)3/h5-6,8-18,26-27H,1,7H2,2-4H3. The van der Waals surface area contributed by atoms with Crippen LogP contribution in [0, 0.1) is 6.92 Å². The molecular formula is C25H28N2. The van der Waals surface area contributed by atoms with Crippen LogP contribution in [0.2, 0.25) is 0 Å². The van der Waals surface area contributed by atoms with Crippen LogP contribution in [0.1, 0.15) is 36.5 Å². The lowest BCUT2D eigenvalue weighted by molar-refractivity contribution is 0.867. The number of anilines is 4. The van der Waals surface area contributed by atoms with Gasteiger partial charge in [-0.05, 0) is 72.4 Å². The molecule has 0 heterocycles. The third kappa shape index (κ3) is 5.01. The summed E-state index contributed by atoms with van der Waals surface area (Å²) in [6.45, 7) is 10.4. The number of hydrogen-bond acceptors (Lipinski definition) is 2. The van der Waals surface area contributed by atoms with Crippen LogP contribution in [-0.2, 0) is 6.42 Å². The van der Waals surface area contributed by atoms with Gasteiger partial charge in [-0.1, -0.05) is 50.3 Å². The summed E-state index contributed by atoms with van der Waals surface area (Å²) >= 11 is 0. The van der Waals surface area contributed by atoms with Crippen molar-refractivity contribution in [2.24, 2.45) is 0 Å². The minimum absolute atomic E-state index is 0.548. The van der Waals surface area contributed by atoms with Crippen LogP contribution < -0.4 is 10.6 Å². The monoisotopic (exact) mass is 356 g/mol. The number of hydrogen-bond donors (Lipinski definition) is 2. The maximum Gasteiger partial charge on any atom is 0.0416 e. The van der Waals surface area contributed by atoms with Crippen molar-refractivity contribution in [3.8, 4) is 0 Å². The minimum Gasteiger partial charge on any atom is -0.355 e. The van der Waals surface area contributed by atoms with E-state index in [1.54, 1.807) is 0 Å². The van der Waals surface area contributed by atoms with Gasteiger partial charge in [0.25, 0.3) is 0 Å². The van der Waals surface area contributed by atoms with E-state index in [4.69, 9.17) is 0 Å². The van der Waals surface area contributed by atoms with Gasteiger partial charge in [-0.15, -0.1) is 6.58 Å². The Morgan fingerprint density at radius 3 is 2.22 bits per heavy atom. The normalized spacial score (nSPS) is 10.7. The van der Waals surface area contributed by atoms with Gasteiger partial charge < -0.3 is 10.6 Å². The van der Waals surface area contributed by atoms with Gasteiger partial charge in [0.2, 0.25) is 0 Å². The first-order valence-electron chi connectivity index (χ1n) is 9.49. The summed E-state index contributed by atoms with van der Waals surface area (Å²) in [5, 5.41) is 7.04. The third-order valence-electron chi connectivity index (χ3n) is 4.69. The van der Waals surface area contributed by atoms with Crippen molar-refractivity contribution in [1.82, 2.24) is 0 Å². The Labute approximate surface area is 163 Å². The summed E-state index contributed by atoms with van der Waals surface area (Å²) in [5.41, 5.74) is 8.21. The number of allylic oxidation sites excluding steroid dienone is 1. The highest BCUT2D eigenvalue weighted by atomic mass is 14.9. The van der Waals surface area contributed by atoms with Crippen molar-refractivity contribution in [2.45, 2.75) is 33.1 Å². The summed E-state index contributed by atoms with van der Waals surface area (Å²) in [6, 6.07) is 23.5. The molecule has 3 aromatic rings. The molecule has 3 rings (SSSR count). The van der Waals surface area contributed by atoms with Crippen LogP contribution in [0.3, 0.4) is 0 Å². The van der Waals surface area contributed by atoms with E-state index in [1.165, 1.54) is 16.7 Å². The SMILES string of the molecule is C=CCc1ccc(C)c(Nc2cccc(Nc3ccc(C(C)C)cc3)c2)c1. The zero-order valence-corrected chi connectivity index (χ0v) is 16.4. The molecule has 0 bridgehead atoms. The molecule has 0 fully saturated rings. The van der Waals surface area contributed by atoms with Crippen molar-refractivity contribution in [2.75, 3.05) is 10.6 Å². The Morgan fingerprint density at radius 2 is 1.56 bits per heavy atom. The average Bonchev–Trinajstić information content (AvgIpc) is 2.65. The van der Waals surface area contributed by atoms with Gasteiger partial charge in [-0.3, -0.25) is 0 Å². The van der Waals surface area contributed by atoms with E-state index in [2.05, 4.69) is 105 Å². The molecule has 0 aliphatic heterocycles. The first kappa shape index (κ1) is 18.8. The van der Waals surface area contributed by atoms with Gasteiger partial charge in [0.15, 0.2) is 0 Å². The molecule has 0 radical (unpaired) electrons. The molecule has 0 amide bonds. The van der Waals surface area contributed by atoms with Crippen LogP contribution >= 0.6 is 0 Å². The molecule has 0 atom stereocenters. The minimum atomic E-state index is 0.548. The molecule has 2 heteroatoms. The fraction of sp³-hybridized carbons (Fsp3) is 0.200. The van der Waals surface area contributed by atoms with Crippen molar-refractivity contribution in [3.63, 3.8) is 0 Å². The van der Waals surface area contributed by atoms with Gasteiger partial charge in [0, 0.05) is 22.7 Å². The van der Waals surface area contributed by atoms with E-state index in [0.29, 0.717) is 5.92 Å². The van der Waals surface area contributed by atoms with E-state index in [9.17, 15) is 0 Å². The zero-order valence-electron chi connectivity index (χ0n) is 16.4. The Kier molecular flexibility index (Phi) is 5.97. The van der Waals surface area contributed by atoms with Crippen LogP contribution in [0.4, 0.5) is 22.7 Å². The van der Waals surface area contributed by atoms with E-state index in [0.717, 1.165) is 29.2 Å². The van der Waals surface area contributed by atoms with Gasteiger partial charge in [0.05, 0.1) is 0 Å². The highest BCUT2D eigenvalue weighted by molar-refractivity contribution is 5.70. The first-order chi connectivity index (χ1) is 13.0. The second-order valence-corrected chi connectivity index (χ2v) is 7.25. The third-order valence-corrected chi connectivity index (χ3v) is 4.69. The Balaban J connectivity index is 1.76. The van der Waals surface area contributed by atoms with E-state index in [-0.39, 0.29) is 0 Å². The Morgan fingerprint density at radius 1 is 0.852 bits per heavy atom. The number of benzene rings is 3. The molecule has 0 saturated heterocycles. The van der Waals surface area contributed by atoms with Crippen LogP contribution in [0.15, 0.2) is 79.4 Å². The maximum absolute atomic E-state index is 3.83. The van der Waals surface area contributed by atoms with E-state index < -0.39 is 0 Å². The quantitative estimate of drug-likeness (QED) is 0.433. The molecule has 3 aromatic carbocycles. The second-order valence-electron chi connectivity index (χ2n) is 7.25. The second kappa shape index (κ2) is 8.59. The van der Waals surface area contributed by atoms with E-state index >= 15 is 0 Å². The molecule has 0 unspecified atom stereocenters. The predicted molar refractivity (Wildman–Crippen MR) is 119 cm³/mol. The lowest BCUT2D eigenvalue weighted by Gasteiger charge is -2.14. The smallest absolute Gasteiger partial charge is 0.0416 e. The molecule has 0 aliphatic carbocycles. The van der Waals surface area contributed by atoms with Gasteiger partial charge in [-0.2, -0.15) is 0 Å². The molecule has 2 nitrogen and oxygen atoms in total. The van der Waals surface area contributed by atoms with Crippen molar-refractivity contribution < 1.29 is 0 Å². The molecule has 0 saturated carbocycles. The lowest BCUT2D eigenvalue weighted by Crippen LogP contribution is -1.96. The number of nitrogens with one attached hydrogen (secondary N) is 2. The molecule has 0 aromatic heterocycles. The maximum atomic E-state index is 3.83. The summed E-state index contributed by atoms with van der Waals surface area (Å²) < 4.78 is 0. The topological polar surface area (TPSA) is 24.1 Å². The molecule has 0 spiro atoms. The van der Waals surface area contributed by atoms with Crippen molar-refractivity contribution in [1.29, 1.82) is 0 Å². The molecule has 2 N–H and O–H groups in total. The van der Waals surface area contributed by atoms with Crippen LogP contribution in [0.25, 0.3) is 0 Å². The average molecular weight is 357 g/mol. The molecule has 0 aliphatic rings. The van der Waals surface area contributed by atoms with Crippen LogP contribution in [-0.4, -0.2) is 0 Å². The first-order valence-corrected chi connectivity index (χ1v) is 9.49. The Bertz CT molecular complexity index is 908. The van der Waals surface area contributed by atoms with Gasteiger partial charge in [-0.25, -0.2) is 0 Å².